The molecule has 17 heavy (non-hydrogen) atoms. The Kier molecular flexibility index (Phi) is 4.40. The van der Waals surface area contributed by atoms with Crippen LogP contribution in [0.3, 0.4) is 0 Å². The minimum Gasteiger partial charge on any atom is -0.492 e. The summed E-state index contributed by atoms with van der Waals surface area (Å²) in [5.41, 5.74) is 0.590. The number of hydrogen-bond acceptors (Lipinski definition) is 3. The molecule has 0 amide bonds. The highest BCUT2D eigenvalue weighted by Gasteiger charge is 2.17. The van der Waals surface area contributed by atoms with Crippen LogP contribution in [-0.2, 0) is 4.74 Å². The summed E-state index contributed by atoms with van der Waals surface area (Å²) in [4.78, 5) is 0. The first-order valence-corrected chi connectivity index (χ1v) is 6.13. The maximum atomic E-state index is 8.88. The SMILES string of the molecule is N#Cc1ccccc1OCCCOC1CCC1. The molecule has 1 aromatic rings. The summed E-state index contributed by atoms with van der Waals surface area (Å²) in [5.74, 6) is 0.665. The van der Waals surface area contributed by atoms with Crippen LogP contribution >= 0.6 is 0 Å². The largest absolute Gasteiger partial charge is 0.492 e. The lowest BCUT2D eigenvalue weighted by Crippen LogP contribution is -2.22. The molecule has 90 valence electrons. The highest BCUT2D eigenvalue weighted by molar-refractivity contribution is 5.42. The summed E-state index contributed by atoms with van der Waals surface area (Å²) in [6, 6.07) is 9.42. The van der Waals surface area contributed by atoms with Crippen molar-refractivity contribution in [2.45, 2.75) is 31.8 Å². The maximum Gasteiger partial charge on any atom is 0.137 e. The highest BCUT2D eigenvalue weighted by atomic mass is 16.5. The van der Waals surface area contributed by atoms with Gasteiger partial charge in [-0.2, -0.15) is 5.26 Å². The van der Waals surface area contributed by atoms with Crippen LogP contribution in [0.5, 0.6) is 5.75 Å². The fourth-order valence-corrected chi connectivity index (χ4v) is 1.71. The lowest BCUT2D eigenvalue weighted by atomic mass is 9.96. The second-order valence-electron chi connectivity index (χ2n) is 4.23. The van der Waals surface area contributed by atoms with Gasteiger partial charge in [-0.25, -0.2) is 0 Å². The molecule has 3 heteroatoms. The van der Waals surface area contributed by atoms with E-state index in [9.17, 15) is 0 Å². The number of nitriles is 1. The molecule has 0 heterocycles. The smallest absolute Gasteiger partial charge is 0.137 e. The first-order chi connectivity index (χ1) is 8.40. The predicted molar refractivity (Wildman–Crippen MR) is 64.9 cm³/mol. The maximum absolute atomic E-state index is 8.88. The van der Waals surface area contributed by atoms with E-state index in [2.05, 4.69) is 6.07 Å². The molecule has 3 nitrogen and oxygen atoms in total. The van der Waals surface area contributed by atoms with Crippen LogP contribution < -0.4 is 4.74 Å². The molecule has 1 aliphatic rings. The number of para-hydroxylation sites is 1. The summed E-state index contributed by atoms with van der Waals surface area (Å²) in [5, 5.41) is 8.88. The summed E-state index contributed by atoms with van der Waals surface area (Å²) >= 11 is 0. The van der Waals surface area contributed by atoms with Crippen molar-refractivity contribution in [3.63, 3.8) is 0 Å². The van der Waals surface area contributed by atoms with E-state index in [1.807, 2.05) is 18.2 Å². The number of rotatable bonds is 6. The third kappa shape index (κ3) is 3.47. The number of ether oxygens (including phenoxy) is 2. The normalized spacial score (nSPS) is 15.0. The van der Waals surface area contributed by atoms with Gasteiger partial charge in [0.25, 0.3) is 0 Å². The molecule has 0 N–H and O–H groups in total. The fourth-order valence-electron chi connectivity index (χ4n) is 1.71. The van der Waals surface area contributed by atoms with E-state index in [1.54, 1.807) is 6.07 Å². The van der Waals surface area contributed by atoms with E-state index in [-0.39, 0.29) is 0 Å². The summed E-state index contributed by atoms with van der Waals surface area (Å²) < 4.78 is 11.2. The predicted octanol–water partition coefficient (Wildman–Crippen LogP) is 2.90. The Morgan fingerprint density at radius 1 is 1.24 bits per heavy atom. The molecule has 2 rings (SSSR count). The topological polar surface area (TPSA) is 42.2 Å². The zero-order chi connectivity index (χ0) is 11.9. The molecule has 0 radical (unpaired) electrons. The Hall–Kier alpha value is -1.53. The van der Waals surface area contributed by atoms with E-state index < -0.39 is 0 Å². The van der Waals surface area contributed by atoms with Crippen LogP contribution in [0, 0.1) is 11.3 Å². The minimum atomic E-state index is 0.487. The van der Waals surface area contributed by atoms with Crippen molar-refractivity contribution in [1.82, 2.24) is 0 Å². The number of nitrogens with zero attached hydrogens (tertiary/aromatic N) is 1. The number of benzene rings is 1. The van der Waals surface area contributed by atoms with Crippen LogP contribution in [0.25, 0.3) is 0 Å². The van der Waals surface area contributed by atoms with Gasteiger partial charge in [-0.05, 0) is 31.4 Å². The molecule has 1 aromatic carbocycles. The first kappa shape index (κ1) is 11.9. The average Bonchev–Trinajstić information content (AvgIpc) is 2.32. The Bertz CT molecular complexity index is 393. The van der Waals surface area contributed by atoms with Gasteiger partial charge in [0.2, 0.25) is 0 Å². The molecular weight excluding hydrogens is 214 g/mol. The van der Waals surface area contributed by atoms with Gasteiger partial charge in [0.05, 0.1) is 24.9 Å². The van der Waals surface area contributed by atoms with Gasteiger partial charge >= 0.3 is 0 Å². The molecule has 0 saturated heterocycles. The Morgan fingerprint density at radius 2 is 2.06 bits per heavy atom. The van der Waals surface area contributed by atoms with Crippen LogP contribution in [0.2, 0.25) is 0 Å². The van der Waals surface area contributed by atoms with Crippen molar-refractivity contribution in [3.05, 3.63) is 29.8 Å². The number of hydrogen-bond donors (Lipinski definition) is 0. The molecule has 1 aliphatic carbocycles. The van der Waals surface area contributed by atoms with Crippen LogP contribution in [0.1, 0.15) is 31.2 Å². The van der Waals surface area contributed by atoms with Gasteiger partial charge in [0.1, 0.15) is 11.8 Å². The lowest BCUT2D eigenvalue weighted by Gasteiger charge is -2.25. The molecular formula is C14H17NO2. The van der Waals surface area contributed by atoms with Crippen LogP contribution in [0.15, 0.2) is 24.3 Å². The van der Waals surface area contributed by atoms with Gasteiger partial charge in [-0.1, -0.05) is 12.1 Å². The molecule has 0 atom stereocenters. The summed E-state index contributed by atoms with van der Waals surface area (Å²) in [6.45, 7) is 1.35. The van der Waals surface area contributed by atoms with Crippen molar-refractivity contribution in [2.24, 2.45) is 0 Å². The van der Waals surface area contributed by atoms with Crippen molar-refractivity contribution < 1.29 is 9.47 Å². The van der Waals surface area contributed by atoms with Crippen molar-refractivity contribution in [2.75, 3.05) is 13.2 Å². The second kappa shape index (κ2) is 6.27. The molecule has 0 bridgehead atoms. The van der Waals surface area contributed by atoms with Gasteiger partial charge in [0, 0.05) is 6.42 Å². The van der Waals surface area contributed by atoms with E-state index in [0.29, 0.717) is 24.0 Å². The van der Waals surface area contributed by atoms with Crippen molar-refractivity contribution in [1.29, 1.82) is 5.26 Å². The monoisotopic (exact) mass is 231 g/mol. The van der Waals surface area contributed by atoms with E-state index in [4.69, 9.17) is 14.7 Å². The average molecular weight is 231 g/mol. The van der Waals surface area contributed by atoms with E-state index in [0.717, 1.165) is 13.0 Å². The molecule has 0 aliphatic heterocycles. The Labute approximate surface area is 102 Å². The molecule has 1 fully saturated rings. The molecule has 0 aromatic heterocycles. The summed E-state index contributed by atoms with van der Waals surface area (Å²) in [6.07, 6.45) is 5.07. The highest BCUT2D eigenvalue weighted by Crippen LogP contribution is 2.22. The van der Waals surface area contributed by atoms with E-state index >= 15 is 0 Å². The third-order valence-corrected chi connectivity index (χ3v) is 2.96. The van der Waals surface area contributed by atoms with Crippen LogP contribution in [0.4, 0.5) is 0 Å². The molecule has 0 spiro atoms. The van der Waals surface area contributed by atoms with Gasteiger partial charge in [-0.3, -0.25) is 0 Å². The quantitative estimate of drug-likeness (QED) is 0.707. The summed E-state index contributed by atoms with van der Waals surface area (Å²) in [7, 11) is 0. The van der Waals surface area contributed by atoms with Crippen molar-refractivity contribution >= 4 is 0 Å². The zero-order valence-electron chi connectivity index (χ0n) is 9.89. The van der Waals surface area contributed by atoms with Crippen LogP contribution in [-0.4, -0.2) is 19.3 Å². The fraction of sp³-hybridized carbons (Fsp3) is 0.500. The first-order valence-electron chi connectivity index (χ1n) is 6.13. The molecule has 0 unspecified atom stereocenters. The Morgan fingerprint density at radius 3 is 2.76 bits per heavy atom. The minimum absolute atomic E-state index is 0.487. The van der Waals surface area contributed by atoms with Crippen molar-refractivity contribution in [3.8, 4) is 11.8 Å². The Balaban J connectivity index is 1.65. The van der Waals surface area contributed by atoms with Gasteiger partial charge < -0.3 is 9.47 Å². The zero-order valence-corrected chi connectivity index (χ0v) is 9.89. The second-order valence-corrected chi connectivity index (χ2v) is 4.23. The standard InChI is InChI=1S/C14H17NO2/c15-11-12-5-1-2-8-14(12)17-10-4-9-16-13-6-3-7-13/h1-2,5,8,13H,3-4,6-7,9-10H2. The lowest BCUT2D eigenvalue weighted by molar-refractivity contribution is -0.00224. The van der Waals surface area contributed by atoms with E-state index in [1.165, 1.54) is 19.3 Å². The van der Waals surface area contributed by atoms with Gasteiger partial charge in [-0.15, -0.1) is 0 Å². The molecule has 1 saturated carbocycles. The third-order valence-electron chi connectivity index (χ3n) is 2.96. The van der Waals surface area contributed by atoms with Gasteiger partial charge in [0.15, 0.2) is 0 Å².